The van der Waals surface area contributed by atoms with Gasteiger partial charge in [0.2, 0.25) is 5.95 Å². The lowest BCUT2D eigenvalue weighted by molar-refractivity contribution is 0.744. The van der Waals surface area contributed by atoms with E-state index in [1.54, 1.807) is 6.07 Å². The maximum absolute atomic E-state index is 6.32. The van der Waals surface area contributed by atoms with Crippen molar-refractivity contribution in [1.29, 1.82) is 0 Å². The summed E-state index contributed by atoms with van der Waals surface area (Å²) < 4.78 is 0. The number of benzene rings is 2. The fourth-order valence-electron chi connectivity index (χ4n) is 3.32. The van der Waals surface area contributed by atoms with Crippen molar-refractivity contribution in [1.82, 2.24) is 9.97 Å². The summed E-state index contributed by atoms with van der Waals surface area (Å²) in [6.45, 7) is 0. The third-order valence-electron chi connectivity index (χ3n) is 4.70. The number of anilines is 3. The van der Waals surface area contributed by atoms with Crippen LogP contribution in [0.2, 0.25) is 10.0 Å². The lowest BCUT2D eigenvalue weighted by atomic mass is 10.1. The van der Waals surface area contributed by atoms with E-state index in [1.807, 2.05) is 48.5 Å². The SMILES string of the molecule is Clc1cccc(Nc2cc(-c3ccccc3)nc(NC3CCCC3)n2)c1Cl. The van der Waals surface area contributed by atoms with Gasteiger partial charge in [-0.1, -0.05) is 72.4 Å². The molecule has 0 radical (unpaired) electrons. The molecule has 0 atom stereocenters. The van der Waals surface area contributed by atoms with Crippen molar-refractivity contribution in [2.45, 2.75) is 31.7 Å². The molecule has 4 nitrogen and oxygen atoms in total. The first-order valence-electron chi connectivity index (χ1n) is 9.11. The van der Waals surface area contributed by atoms with Gasteiger partial charge in [-0.15, -0.1) is 0 Å². The van der Waals surface area contributed by atoms with Gasteiger partial charge in [-0.3, -0.25) is 0 Å². The Kier molecular flexibility index (Phi) is 5.46. The first-order chi connectivity index (χ1) is 13.2. The van der Waals surface area contributed by atoms with Crippen LogP contribution in [0.4, 0.5) is 17.5 Å². The van der Waals surface area contributed by atoms with Crippen molar-refractivity contribution in [3.63, 3.8) is 0 Å². The predicted molar refractivity (Wildman–Crippen MR) is 113 cm³/mol. The zero-order chi connectivity index (χ0) is 18.6. The van der Waals surface area contributed by atoms with Crippen LogP contribution in [-0.2, 0) is 0 Å². The van der Waals surface area contributed by atoms with Gasteiger partial charge in [-0.2, -0.15) is 4.98 Å². The van der Waals surface area contributed by atoms with Crippen molar-refractivity contribution < 1.29 is 0 Å². The highest BCUT2D eigenvalue weighted by Crippen LogP contribution is 2.32. The Hall–Kier alpha value is -2.30. The van der Waals surface area contributed by atoms with Gasteiger partial charge >= 0.3 is 0 Å². The fourth-order valence-corrected chi connectivity index (χ4v) is 3.67. The lowest BCUT2D eigenvalue weighted by Crippen LogP contribution is -2.17. The first kappa shape index (κ1) is 18.1. The van der Waals surface area contributed by atoms with Crippen LogP contribution in [0.25, 0.3) is 11.3 Å². The number of hydrogen-bond donors (Lipinski definition) is 2. The molecule has 1 aliphatic carbocycles. The Morgan fingerprint density at radius 2 is 1.67 bits per heavy atom. The van der Waals surface area contributed by atoms with Gasteiger partial charge in [0.15, 0.2) is 0 Å². The van der Waals surface area contributed by atoms with Crippen molar-refractivity contribution >= 4 is 40.7 Å². The Labute approximate surface area is 169 Å². The molecule has 0 unspecified atom stereocenters. The molecule has 1 saturated carbocycles. The molecule has 1 heterocycles. The van der Waals surface area contributed by atoms with E-state index in [4.69, 9.17) is 28.2 Å². The first-order valence-corrected chi connectivity index (χ1v) is 9.87. The third-order valence-corrected chi connectivity index (χ3v) is 5.52. The highest BCUT2D eigenvalue weighted by Gasteiger charge is 2.17. The molecular formula is C21H20Cl2N4. The van der Waals surface area contributed by atoms with E-state index in [9.17, 15) is 0 Å². The summed E-state index contributed by atoms with van der Waals surface area (Å²) >= 11 is 12.5. The number of aromatic nitrogens is 2. The minimum absolute atomic E-state index is 0.429. The highest BCUT2D eigenvalue weighted by molar-refractivity contribution is 6.43. The third kappa shape index (κ3) is 4.34. The van der Waals surface area contributed by atoms with Gasteiger partial charge in [-0.25, -0.2) is 4.98 Å². The molecule has 1 aliphatic rings. The predicted octanol–water partition coefficient (Wildman–Crippen LogP) is 6.55. The second-order valence-electron chi connectivity index (χ2n) is 6.68. The summed E-state index contributed by atoms with van der Waals surface area (Å²) in [4.78, 5) is 9.38. The smallest absolute Gasteiger partial charge is 0.225 e. The fraction of sp³-hybridized carbons (Fsp3) is 0.238. The molecule has 1 fully saturated rings. The molecule has 4 rings (SSSR count). The summed E-state index contributed by atoms with van der Waals surface area (Å²) in [5.41, 5.74) is 2.61. The van der Waals surface area contributed by atoms with Crippen molar-refractivity contribution in [3.05, 3.63) is 64.6 Å². The average Bonchev–Trinajstić information content (AvgIpc) is 3.19. The molecule has 0 bridgehead atoms. The second kappa shape index (κ2) is 8.15. The van der Waals surface area contributed by atoms with E-state index < -0.39 is 0 Å². The van der Waals surface area contributed by atoms with E-state index in [-0.39, 0.29) is 0 Å². The summed E-state index contributed by atoms with van der Waals surface area (Å²) in [7, 11) is 0. The maximum Gasteiger partial charge on any atom is 0.225 e. The number of hydrogen-bond acceptors (Lipinski definition) is 4. The zero-order valence-corrected chi connectivity index (χ0v) is 16.3. The Morgan fingerprint density at radius 1 is 0.889 bits per heavy atom. The lowest BCUT2D eigenvalue weighted by Gasteiger charge is -2.15. The van der Waals surface area contributed by atoms with E-state index in [0.717, 1.165) is 24.1 Å². The molecule has 0 aliphatic heterocycles. The van der Waals surface area contributed by atoms with Gasteiger partial charge in [0.05, 0.1) is 21.4 Å². The topological polar surface area (TPSA) is 49.8 Å². The van der Waals surface area contributed by atoms with Crippen LogP contribution in [-0.4, -0.2) is 16.0 Å². The standard InChI is InChI=1S/C21H20Cl2N4/c22-16-11-6-12-17(20(16)23)25-19-13-18(14-7-2-1-3-8-14)26-21(27-19)24-15-9-4-5-10-15/h1-3,6-8,11-13,15H,4-5,9-10H2,(H2,24,25,26,27). The molecule has 0 amide bonds. The van der Waals surface area contributed by atoms with Crippen LogP contribution in [0.1, 0.15) is 25.7 Å². The average molecular weight is 399 g/mol. The van der Waals surface area contributed by atoms with Crippen LogP contribution < -0.4 is 10.6 Å². The van der Waals surface area contributed by atoms with Gasteiger partial charge in [0.25, 0.3) is 0 Å². The number of nitrogens with zero attached hydrogens (tertiary/aromatic N) is 2. The van der Waals surface area contributed by atoms with E-state index >= 15 is 0 Å². The minimum atomic E-state index is 0.429. The molecule has 2 N–H and O–H groups in total. The summed E-state index contributed by atoms with van der Waals surface area (Å²) in [5, 5.41) is 7.74. The molecule has 27 heavy (non-hydrogen) atoms. The van der Waals surface area contributed by atoms with Gasteiger partial charge in [0, 0.05) is 17.7 Å². The molecular weight excluding hydrogens is 379 g/mol. The summed E-state index contributed by atoms with van der Waals surface area (Å²) in [5.74, 6) is 1.30. The maximum atomic E-state index is 6.32. The molecule has 138 valence electrons. The van der Waals surface area contributed by atoms with E-state index in [0.29, 0.717) is 33.5 Å². The molecule has 3 aromatic rings. The van der Waals surface area contributed by atoms with Gasteiger partial charge in [0.1, 0.15) is 5.82 Å². The molecule has 0 spiro atoms. The van der Waals surface area contributed by atoms with E-state index in [1.165, 1.54) is 12.8 Å². The van der Waals surface area contributed by atoms with Crippen LogP contribution in [0.5, 0.6) is 0 Å². The van der Waals surface area contributed by atoms with Crippen molar-refractivity contribution in [2.75, 3.05) is 10.6 Å². The second-order valence-corrected chi connectivity index (χ2v) is 7.47. The molecule has 1 aromatic heterocycles. The van der Waals surface area contributed by atoms with Gasteiger partial charge < -0.3 is 10.6 Å². The Balaban J connectivity index is 1.69. The number of nitrogens with one attached hydrogen (secondary N) is 2. The normalized spacial score (nSPS) is 14.3. The minimum Gasteiger partial charge on any atom is -0.351 e. The van der Waals surface area contributed by atoms with E-state index in [2.05, 4.69) is 15.6 Å². The van der Waals surface area contributed by atoms with Crippen LogP contribution in [0.15, 0.2) is 54.6 Å². The largest absolute Gasteiger partial charge is 0.351 e. The van der Waals surface area contributed by atoms with Crippen molar-refractivity contribution in [3.8, 4) is 11.3 Å². The molecule has 6 heteroatoms. The summed E-state index contributed by atoms with van der Waals surface area (Å²) in [6, 6.07) is 17.9. The Morgan fingerprint density at radius 3 is 2.44 bits per heavy atom. The Bertz CT molecular complexity index is 925. The summed E-state index contributed by atoms with van der Waals surface area (Å²) in [6.07, 6.45) is 4.81. The number of halogens is 2. The van der Waals surface area contributed by atoms with Crippen LogP contribution in [0, 0.1) is 0 Å². The monoisotopic (exact) mass is 398 g/mol. The quantitative estimate of drug-likeness (QED) is 0.511. The number of rotatable bonds is 5. The van der Waals surface area contributed by atoms with Gasteiger partial charge in [-0.05, 0) is 25.0 Å². The van der Waals surface area contributed by atoms with Crippen LogP contribution >= 0.6 is 23.2 Å². The highest BCUT2D eigenvalue weighted by atomic mass is 35.5. The molecule has 2 aromatic carbocycles. The van der Waals surface area contributed by atoms with Crippen molar-refractivity contribution in [2.24, 2.45) is 0 Å². The van der Waals surface area contributed by atoms with Crippen LogP contribution in [0.3, 0.4) is 0 Å². The molecule has 0 saturated heterocycles. The zero-order valence-electron chi connectivity index (χ0n) is 14.8.